The molecule has 1 atom stereocenters. The number of carbonyl (C=O) groups excluding carboxylic acids is 1. The van der Waals surface area contributed by atoms with Crippen LogP contribution < -0.4 is 16.2 Å². The molecular formula is C26H22FN5O3S2. The van der Waals surface area contributed by atoms with Gasteiger partial charge in [-0.2, -0.15) is 5.10 Å². The first-order valence-corrected chi connectivity index (χ1v) is 12.9. The van der Waals surface area contributed by atoms with E-state index in [1.54, 1.807) is 38.2 Å². The molecule has 0 saturated heterocycles. The Bertz CT molecular complexity index is 1670. The van der Waals surface area contributed by atoms with Crippen LogP contribution in [0.1, 0.15) is 33.1 Å². The van der Waals surface area contributed by atoms with Crippen LogP contribution in [0.4, 0.5) is 20.9 Å². The van der Waals surface area contributed by atoms with Gasteiger partial charge in [-0.15, -0.1) is 11.3 Å². The summed E-state index contributed by atoms with van der Waals surface area (Å²) in [7, 11) is 1.52. The van der Waals surface area contributed by atoms with Gasteiger partial charge in [0, 0.05) is 23.5 Å². The van der Waals surface area contributed by atoms with Crippen LogP contribution >= 0.6 is 22.7 Å². The molecule has 3 heterocycles. The van der Waals surface area contributed by atoms with Crippen molar-refractivity contribution in [2.45, 2.75) is 20.0 Å². The van der Waals surface area contributed by atoms with E-state index in [9.17, 15) is 19.1 Å². The topological polar surface area (TPSA) is 109 Å². The van der Waals surface area contributed by atoms with Gasteiger partial charge in [0.25, 0.3) is 11.5 Å². The zero-order valence-electron chi connectivity index (χ0n) is 20.1. The van der Waals surface area contributed by atoms with E-state index in [1.165, 1.54) is 40.5 Å². The van der Waals surface area contributed by atoms with Crippen molar-refractivity contribution >= 4 is 55.2 Å². The van der Waals surface area contributed by atoms with Crippen molar-refractivity contribution in [3.8, 4) is 11.3 Å². The van der Waals surface area contributed by atoms with Crippen LogP contribution in [-0.2, 0) is 7.05 Å². The summed E-state index contributed by atoms with van der Waals surface area (Å²) >= 11 is 2.56. The minimum absolute atomic E-state index is 0.0478. The molecule has 0 radical (unpaired) electrons. The SMILES string of the molecule is Cc1c(-c2cc(Nc3ncc(C(C)O)s3)c(=O)n(C)n2)ccc(F)c1NC(=O)c1cc2ccccc2s1. The zero-order valence-corrected chi connectivity index (χ0v) is 21.7. The molecule has 0 fully saturated rings. The highest BCUT2D eigenvalue weighted by Gasteiger charge is 2.19. The zero-order chi connectivity index (χ0) is 26.3. The van der Waals surface area contributed by atoms with E-state index in [1.807, 2.05) is 24.3 Å². The molecule has 37 heavy (non-hydrogen) atoms. The fraction of sp³-hybridized carbons (Fsp3) is 0.154. The van der Waals surface area contributed by atoms with E-state index >= 15 is 0 Å². The Morgan fingerprint density at radius 2 is 1.95 bits per heavy atom. The van der Waals surface area contributed by atoms with Crippen molar-refractivity contribution in [1.29, 1.82) is 0 Å². The second kappa shape index (κ2) is 9.85. The maximum absolute atomic E-state index is 14.9. The van der Waals surface area contributed by atoms with Gasteiger partial charge < -0.3 is 15.7 Å². The smallest absolute Gasteiger partial charge is 0.290 e. The predicted octanol–water partition coefficient (Wildman–Crippen LogP) is 5.62. The second-order valence-corrected chi connectivity index (χ2v) is 10.6. The highest BCUT2D eigenvalue weighted by Crippen LogP contribution is 2.33. The quantitative estimate of drug-likeness (QED) is 0.261. The number of aliphatic hydroxyl groups excluding tert-OH is 1. The van der Waals surface area contributed by atoms with Gasteiger partial charge in [-0.3, -0.25) is 9.59 Å². The summed E-state index contributed by atoms with van der Waals surface area (Å²) in [5.74, 6) is -0.985. The minimum Gasteiger partial charge on any atom is -0.388 e. The van der Waals surface area contributed by atoms with Gasteiger partial charge >= 0.3 is 0 Å². The highest BCUT2D eigenvalue weighted by molar-refractivity contribution is 7.20. The molecule has 5 rings (SSSR count). The molecule has 0 spiro atoms. The molecule has 11 heteroatoms. The molecule has 188 valence electrons. The molecular weight excluding hydrogens is 513 g/mol. The standard InChI is InChI=1S/C26H22FN5O3S2/c1-13-16(18-11-19(25(35)32(3)31-18)29-26-28-12-22(37-26)14(2)33)8-9-17(27)23(13)30-24(34)21-10-15-6-4-5-7-20(15)36-21/h4-12,14,33H,1-3H3,(H,28,29)(H,30,34). The van der Waals surface area contributed by atoms with Crippen LogP contribution in [-0.4, -0.2) is 25.8 Å². The number of carbonyl (C=O) groups is 1. The number of aryl methyl sites for hydroxylation is 1. The number of thiazole rings is 1. The first-order chi connectivity index (χ1) is 17.7. The van der Waals surface area contributed by atoms with E-state index in [0.29, 0.717) is 31.7 Å². The monoisotopic (exact) mass is 535 g/mol. The van der Waals surface area contributed by atoms with Crippen LogP contribution in [0.15, 0.2) is 59.5 Å². The first kappa shape index (κ1) is 24.8. The molecule has 0 aliphatic carbocycles. The largest absolute Gasteiger partial charge is 0.388 e. The third-order valence-electron chi connectivity index (χ3n) is 5.82. The summed E-state index contributed by atoms with van der Waals surface area (Å²) in [4.78, 5) is 31.0. The number of benzene rings is 2. The molecule has 5 aromatic rings. The molecule has 2 aromatic carbocycles. The van der Waals surface area contributed by atoms with Crippen LogP contribution in [0, 0.1) is 12.7 Å². The normalized spacial score (nSPS) is 12.0. The van der Waals surface area contributed by atoms with E-state index in [-0.39, 0.29) is 16.9 Å². The minimum atomic E-state index is -0.674. The van der Waals surface area contributed by atoms with Gasteiger partial charge in [0.1, 0.15) is 11.5 Å². The van der Waals surface area contributed by atoms with Gasteiger partial charge in [0.15, 0.2) is 5.13 Å². The van der Waals surface area contributed by atoms with Crippen LogP contribution in [0.2, 0.25) is 0 Å². The molecule has 8 nitrogen and oxygen atoms in total. The van der Waals surface area contributed by atoms with Gasteiger partial charge in [0.2, 0.25) is 0 Å². The Morgan fingerprint density at radius 1 is 1.16 bits per heavy atom. The molecule has 0 aliphatic rings. The number of anilines is 3. The van der Waals surface area contributed by atoms with Crippen molar-refractivity contribution in [2.24, 2.45) is 7.05 Å². The van der Waals surface area contributed by atoms with Crippen molar-refractivity contribution in [2.75, 3.05) is 10.6 Å². The Kier molecular flexibility index (Phi) is 6.59. The number of nitrogens with zero attached hydrogens (tertiary/aromatic N) is 3. The van der Waals surface area contributed by atoms with Crippen LogP contribution in [0.5, 0.6) is 0 Å². The molecule has 0 saturated carbocycles. The average molecular weight is 536 g/mol. The number of rotatable bonds is 6. The van der Waals surface area contributed by atoms with Crippen molar-refractivity contribution in [3.05, 3.63) is 86.2 Å². The number of nitrogens with one attached hydrogen (secondary N) is 2. The van der Waals surface area contributed by atoms with Gasteiger partial charge in [-0.05, 0) is 55.1 Å². The molecule has 1 amide bonds. The summed E-state index contributed by atoms with van der Waals surface area (Å²) in [6, 6.07) is 13.8. The summed E-state index contributed by atoms with van der Waals surface area (Å²) in [5.41, 5.74) is 1.32. The third kappa shape index (κ3) is 4.88. The molecule has 0 bridgehead atoms. The Balaban J connectivity index is 1.49. The summed E-state index contributed by atoms with van der Waals surface area (Å²) in [5, 5.41) is 21.2. The summed E-state index contributed by atoms with van der Waals surface area (Å²) in [6.07, 6.45) is 0.867. The Labute approximate surface area is 219 Å². The number of halogens is 1. The van der Waals surface area contributed by atoms with Gasteiger partial charge in [0.05, 0.1) is 27.2 Å². The van der Waals surface area contributed by atoms with E-state index in [0.717, 1.165) is 10.1 Å². The number of thiophene rings is 1. The maximum atomic E-state index is 14.9. The van der Waals surface area contributed by atoms with E-state index in [4.69, 9.17) is 0 Å². The second-order valence-electron chi connectivity index (χ2n) is 8.44. The highest BCUT2D eigenvalue weighted by atomic mass is 32.1. The molecule has 3 N–H and O–H groups in total. The van der Waals surface area contributed by atoms with E-state index < -0.39 is 17.8 Å². The van der Waals surface area contributed by atoms with Crippen molar-refractivity contribution in [3.63, 3.8) is 0 Å². The van der Waals surface area contributed by atoms with Gasteiger partial charge in [-0.25, -0.2) is 14.1 Å². The lowest BCUT2D eigenvalue weighted by atomic mass is 10.0. The Hall–Kier alpha value is -3.93. The fourth-order valence-electron chi connectivity index (χ4n) is 3.86. The average Bonchev–Trinajstić information content (AvgIpc) is 3.52. The number of aromatic nitrogens is 3. The number of aliphatic hydroxyl groups is 1. The Morgan fingerprint density at radius 3 is 2.68 bits per heavy atom. The lowest BCUT2D eigenvalue weighted by Crippen LogP contribution is -2.22. The number of hydrogen-bond acceptors (Lipinski definition) is 8. The van der Waals surface area contributed by atoms with E-state index in [2.05, 4.69) is 20.7 Å². The van der Waals surface area contributed by atoms with Crippen LogP contribution in [0.3, 0.4) is 0 Å². The predicted molar refractivity (Wildman–Crippen MR) is 145 cm³/mol. The number of hydrogen-bond donors (Lipinski definition) is 3. The maximum Gasteiger partial charge on any atom is 0.290 e. The molecule has 3 aromatic heterocycles. The summed E-state index contributed by atoms with van der Waals surface area (Å²) < 4.78 is 17.0. The first-order valence-electron chi connectivity index (χ1n) is 11.3. The summed E-state index contributed by atoms with van der Waals surface area (Å²) in [6.45, 7) is 3.32. The lowest BCUT2D eigenvalue weighted by Gasteiger charge is -2.14. The lowest BCUT2D eigenvalue weighted by molar-refractivity contribution is 0.103. The van der Waals surface area contributed by atoms with Crippen molar-refractivity contribution < 1.29 is 14.3 Å². The third-order valence-corrected chi connectivity index (χ3v) is 8.02. The molecule has 0 aliphatic heterocycles. The van der Waals surface area contributed by atoms with Gasteiger partial charge in [-0.1, -0.05) is 29.5 Å². The van der Waals surface area contributed by atoms with Crippen molar-refractivity contribution in [1.82, 2.24) is 14.8 Å². The molecule has 1 unspecified atom stereocenters. The number of fused-ring (bicyclic) bond motifs is 1. The number of amides is 1. The fourth-order valence-corrected chi connectivity index (χ4v) is 5.58. The van der Waals surface area contributed by atoms with Crippen LogP contribution in [0.25, 0.3) is 21.3 Å².